The van der Waals surface area contributed by atoms with Crippen molar-refractivity contribution in [1.29, 1.82) is 0 Å². The number of likely N-dealkylation sites (tertiary alicyclic amines) is 1. The number of ketones is 1. The molecule has 0 aromatic carbocycles. The van der Waals surface area contributed by atoms with Gasteiger partial charge in [-0.1, -0.05) is 15.9 Å². The van der Waals surface area contributed by atoms with Crippen LogP contribution in [-0.4, -0.2) is 41.8 Å². The number of nitrogens with zero attached hydrogens (tertiary/aromatic N) is 1. The first-order valence-corrected chi connectivity index (χ1v) is 5.76. The van der Waals surface area contributed by atoms with Crippen LogP contribution in [0.25, 0.3) is 0 Å². The quantitative estimate of drug-likeness (QED) is 0.711. The maximum atomic E-state index is 11.5. The number of hydrogen-bond donors (Lipinski definition) is 0. The molecule has 0 aromatic rings. The van der Waals surface area contributed by atoms with E-state index >= 15 is 0 Å². The standard InChI is InChI=1S/C9H14BrNO3/c1-14-9(13)11-5-3-2-4-7(11)8(12)6-10/h7H,2-6H2,1H3. The molecule has 0 aliphatic carbocycles. The number of carbonyl (C=O) groups excluding carboxylic acids is 2. The molecule has 1 aliphatic rings. The van der Waals surface area contributed by atoms with Gasteiger partial charge in [-0.15, -0.1) is 0 Å². The van der Waals surface area contributed by atoms with E-state index in [-0.39, 0.29) is 11.8 Å². The van der Waals surface area contributed by atoms with Crippen LogP contribution in [0.15, 0.2) is 0 Å². The Morgan fingerprint density at radius 3 is 2.79 bits per heavy atom. The van der Waals surface area contributed by atoms with Crippen molar-refractivity contribution in [2.24, 2.45) is 0 Å². The minimum absolute atomic E-state index is 0.0510. The maximum Gasteiger partial charge on any atom is 0.410 e. The number of ether oxygens (including phenoxy) is 1. The number of halogens is 1. The van der Waals surface area contributed by atoms with Gasteiger partial charge in [0.1, 0.15) is 0 Å². The van der Waals surface area contributed by atoms with E-state index in [4.69, 9.17) is 0 Å². The molecule has 5 heteroatoms. The fraction of sp³-hybridized carbons (Fsp3) is 0.778. The van der Waals surface area contributed by atoms with Gasteiger partial charge in [-0.3, -0.25) is 9.69 Å². The predicted molar refractivity (Wildman–Crippen MR) is 55.6 cm³/mol. The summed E-state index contributed by atoms with van der Waals surface area (Å²) < 4.78 is 4.63. The van der Waals surface area contributed by atoms with Crippen molar-refractivity contribution < 1.29 is 14.3 Å². The molecule has 0 radical (unpaired) electrons. The van der Waals surface area contributed by atoms with Crippen molar-refractivity contribution in [3.63, 3.8) is 0 Å². The number of carbonyl (C=O) groups is 2. The van der Waals surface area contributed by atoms with Crippen molar-refractivity contribution in [3.8, 4) is 0 Å². The molecule has 1 rings (SSSR count). The largest absolute Gasteiger partial charge is 0.453 e. The summed E-state index contributed by atoms with van der Waals surface area (Å²) in [4.78, 5) is 24.4. The van der Waals surface area contributed by atoms with Gasteiger partial charge in [0.2, 0.25) is 0 Å². The third kappa shape index (κ3) is 2.47. The first-order chi connectivity index (χ1) is 6.70. The van der Waals surface area contributed by atoms with E-state index in [0.29, 0.717) is 11.9 Å². The number of piperidine rings is 1. The van der Waals surface area contributed by atoms with Gasteiger partial charge >= 0.3 is 6.09 Å². The monoisotopic (exact) mass is 263 g/mol. The molecule has 14 heavy (non-hydrogen) atoms. The fourth-order valence-corrected chi connectivity index (χ4v) is 2.06. The molecule has 0 spiro atoms. The number of alkyl halides is 1. The second-order valence-corrected chi connectivity index (χ2v) is 3.84. The summed E-state index contributed by atoms with van der Waals surface area (Å²) in [6.45, 7) is 0.621. The summed E-state index contributed by atoms with van der Waals surface area (Å²) in [5.74, 6) is 0.0510. The first-order valence-electron chi connectivity index (χ1n) is 4.64. The molecule has 0 saturated carbocycles. The Balaban J connectivity index is 2.68. The predicted octanol–water partition coefficient (Wildman–Crippen LogP) is 1.57. The van der Waals surface area contributed by atoms with Crippen LogP contribution in [0.2, 0.25) is 0 Å². The molecule has 0 N–H and O–H groups in total. The lowest BCUT2D eigenvalue weighted by Gasteiger charge is -2.33. The molecule has 1 fully saturated rings. The second-order valence-electron chi connectivity index (χ2n) is 3.27. The van der Waals surface area contributed by atoms with Gasteiger partial charge in [-0.2, -0.15) is 0 Å². The van der Waals surface area contributed by atoms with Crippen LogP contribution in [0.4, 0.5) is 4.79 Å². The number of rotatable bonds is 2. The van der Waals surface area contributed by atoms with E-state index in [0.717, 1.165) is 19.3 Å². The van der Waals surface area contributed by atoms with E-state index in [1.165, 1.54) is 12.0 Å². The van der Waals surface area contributed by atoms with Crippen LogP contribution in [0, 0.1) is 0 Å². The summed E-state index contributed by atoms with van der Waals surface area (Å²) in [6, 6.07) is -0.296. The molecule has 1 saturated heterocycles. The molecule has 1 heterocycles. The van der Waals surface area contributed by atoms with Crippen molar-refractivity contribution in [2.45, 2.75) is 25.3 Å². The van der Waals surface area contributed by atoms with E-state index in [2.05, 4.69) is 20.7 Å². The molecular formula is C9H14BrNO3. The van der Waals surface area contributed by atoms with Crippen LogP contribution in [0.3, 0.4) is 0 Å². The minimum atomic E-state index is -0.399. The Morgan fingerprint density at radius 2 is 2.21 bits per heavy atom. The van der Waals surface area contributed by atoms with Gasteiger partial charge < -0.3 is 4.74 Å². The number of methoxy groups -OCH3 is 1. The normalized spacial score (nSPS) is 21.9. The van der Waals surface area contributed by atoms with E-state index < -0.39 is 6.09 Å². The molecule has 80 valence electrons. The zero-order valence-corrected chi connectivity index (χ0v) is 9.75. The highest BCUT2D eigenvalue weighted by molar-refractivity contribution is 9.09. The van der Waals surface area contributed by atoms with Crippen LogP contribution in [0.5, 0.6) is 0 Å². The van der Waals surface area contributed by atoms with E-state index in [1.54, 1.807) is 0 Å². The van der Waals surface area contributed by atoms with Crippen LogP contribution >= 0.6 is 15.9 Å². The van der Waals surface area contributed by atoms with Crippen molar-refractivity contribution in [2.75, 3.05) is 19.0 Å². The van der Waals surface area contributed by atoms with Gasteiger partial charge in [-0.05, 0) is 19.3 Å². The number of Topliss-reactive ketones (excluding diaryl/α,β-unsaturated/α-hetero) is 1. The Bertz CT molecular complexity index is 208. The highest BCUT2D eigenvalue weighted by atomic mass is 79.9. The molecule has 1 unspecified atom stereocenters. The minimum Gasteiger partial charge on any atom is -0.453 e. The summed E-state index contributed by atoms with van der Waals surface area (Å²) in [5, 5.41) is 0.297. The molecule has 1 atom stereocenters. The number of hydrogen-bond acceptors (Lipinski definition) is 3. The first kappa shape index (κ1) is 11.5. The van der Waals surface area contributed by atoms with Crippen molar-refractivity contribution in [1.82, 2.24) is 4.90 Å². The smallest absolute Gasteiger partial charge is 0.410 e. The average Bonchev–Trinajstić information content (AvgIpc) is 2.27. The highest BCUT2D eigenvalue weighted by Gasteiger charge is 2.31. The summed E-state index contributed by atoms with van der Waals surface area (Å²) in [7, 11) is 1.34. The van der Waals surface area contributed by atoms with Crippen molar-refractivity contribution >= 4 is 27.8 Å². The van der Waals surface area contributed by atoms with Crippen molar-refractivity contribution in [3.05, 3.63) is 0 Å². The molecular weight excluding hydrogens is 250 g/mol. The molecule has 1 amide bonds. The van der Waals surface area contributed by atoms with Gasteiger partial charge in [0.05, 0.1) is 18.5 Å². The third-order valence-corrected chi connectivity index (χ3v) is 2.97. The van der Waals surface area contributed by atoms with Gasteiger partial charge in [-0.25, -0.2) is 4.79 Å². The molecule has 0 bridgehead atoms. The van der Waals surface area contributed by atoms with Crippen LogP contribution in [0.1, 0.15) is 19.3 Å². The third-order valence-electron chi connectivity index (χ3n) is 2.42. The van der Waals surface area contributed by atoms with Crippen LogP contribution < -0.4 is 0 Å². The van der Waals surface area contributed by atoms with E-state index in [9.17, 15) is 9.59 Å². The fourth-order valence-electron chi connectivity index (χ4n) is 1.69. The van der Waals surface area contributed by atoms with Crippen LogP contribution in [-0.2, 0) is 9.53 Å². The summed E-state index contributed by atoms with van der Waals surface area (Å²) in [5.41, 5.74) is 0. The zero-order chi connectivity index (χ0) is 10.6. The summed E-state index contributed by atoms with van der Waals surface area (Å²) >= 11 is 3.12. The Labute approximate surface area is 91.7 Å². The lowest BCUT2D eigenvalue weighted by atomic mass is 10.00. The SMILES string of the molecule is COC(=O)N1CCCCC1C(=O)CBr. The average molecular weight is 264 g/mol. The maximum absolute atomic E-state index is 11.5. The van der Waals surface area contributed by atoms with Gasteiger partial charge in [0.25, 0.3) is 0 Å². The lowest BCUT2D eigenvalue weighted by Crippen LogP contribution is -2.48. The second kappa shape index (κ2) is 5.34. The molecule has 4 nitrogen and oxygen atoms in total. The highest BCUT2D eigenvalue weighted by Crippen LogP contribution is 2.19. The Hall–Kier alpha value is -0.580. The van der Waals surface area contributed by atoms with Gasteiger partial charge in [0.15, 0.2) is 5.78 Å². The number of amides is 1. The molecule has 1 aliphatic heterocycles. The topological polar surface area (TPSA) is 46.6 Å². The summed E-state index contributed by atoms with van der Waals surface area (Å²) in [6.07, 6.45) is 2.29. The lowest BCUT2D eigenvalue weighted by molar-refractivity contribution is -0.122. The van der Waals surface area contributed by atoms with Gasteiger partial charge in [0, 0.05) is 6.54 Å². The van der Waals surface area contributed by atoms with E-state index in [1.807, 2.05) is 0 Å². The molecule has 0 aromatic heterocycles. The Morgan fingerprint density at radius 1 is 1.50 bits per heavy atom. The zero-order valence-electron chi connectivity index (χ0n) is 8.16. The Kier molecular flexibility index (Phi) is 4.38.